The summed E-state index contributed by atoms with van der Waals surface area (Å²) in [6.07, 6.45) is -6.30. The van der Waals surface area contributed by atoms with Crippen LogP contribution in [-0.4, -0.2) is 78.0 Å². The summed E-state index contributed by atoms with van der Waals surface area (Å²) in [4.78, 5) is 71.9. The Hall–Kier alpha value is -4.76. The Kier molecular flexibility index (Phi) is 13.1. The van der Waals surface area contributed by atoms with Gasteiger partial charge in [0.2, 0.25) is 5.60 Å². The van der Waals surface area contributed by atoms with Crippen molar-refractivity contribution in [2.75, 3.05) is 13.2 Å². The SMILES string of the molecule is CCOC(=O)C(C)(C)Oc1ccc(Cc2cc([C@@H]3O[C@H](COC(C)=O)C(OC(C)=O)[C@H](OC(C)=O)C3OC(C)=O)ccc2Cl)cc1[N+](=O)[O-]. The second-order valence-electron chi connectivity index (χ2n) is 11.5. The highest BCUT2D eigenvalue weighted by molar-refractivity contribution is 6.31. The Labute approximate surface area is 287 Å². The fourth-order valence-corrected chi connectivity index (χ4v) is 5.33. The van der Waals surface area contributed by atoms with E-state index in [1.165, 1.54) is 39.0 Å². The van der Waals surface area contributed by atoms with Crippen LogP contribution in [0, 0.1) is 10.1 Å². The number of hydrogen-bond acceptors (Lipinski definition) is 14. The summed E-state index contributed by atoms with van der Waals surface area (Å²) in [5.41, 5.74) is -0.607. The molecule has 0 aromatic heterocycles. The van der Waals surface area contributed by atoms with E-state index in [4.69, 9.17) is 44.8 Å². The van der Waals surface area contributed by atoms with Gasteiger partial charge in [-0.15, -0.1) is 0 Å². The summed E-state index contributed by atoms with van der Waals surface area (Å²) in [6.45, 7) is 8.73. The summed E-state index contributed by atoms with van der Waals surface area (Å²) >= 11 is 6.56. The fourth-order valence-electron chi connectivity index (χ4n) is 5.15. The van der Waals surface area contributed by atoms with Crippen molar-refractivity contribution in [2.24, 2.45) is 0 Å². The molecule has 2 aromatic carbocycles. The molecule has 16 heteroatoms. The quantitative estimate of drug-likeness (QED) is 0.123. The van der Waals surface area contributed by atoms with Gasteiger partial charge < -0.3 is 33.2 Å². The minimum Gasteiger partial charge on any atom is -0.469 e. The van der Waals surface area contributed by atoms with Gasteiger partial charge >= 0.3 is 35.5 Å². The number of hydrogen-bond donors (Lipinski definition) is 0. The zero-order valence-corrected chi connectivity index (χ0v) is 28.8. The van der Waals surface area contributed by atoms with Crippen LogP contribution in [0.1, 0.15) is 71.3 Å². The topological polar surface area (TPSA) is 193 Å². The van der Waals surface area contributed by atoms with Crippen molar-refractivity contribution in [3.05, 3.63) is 68.2 Å². The average Bonchev–Trinajstić information content (AvgIpc) is 2.99. The minimum atomic E-state index is -1.51. The minimum absolute atomic E-state index is 0.0698. The molecule has 0 bridgehead atoms. The van der Waals surface area contributed by atoms with Gasteiger partial charge in [0.05, 0.1) is 11.5 Å². The predicted molar refractivity (Wildman–Crippen MR) is 170 cm³/mol. The fraction of sp³-hybridized carbons (Fsp3) is 0.485. The van der Waals surface area contributed by atoms with Crippen LogP contribution in [-0.2, 0) is 58.8 Å². The van der Waals surface area contributed by atoms with Crippen LogP contribution in [0.25, 0.3) is 0 Å². The number of ether oxygens (including phenoxy) is 7. The third-order valence-electron chi connectivity index (χ3n) is 7.14. The molecule has 5 atom stereocenters. The van der Waals surface area contributed by atoms with E-state index in [1.54, 1.807) is 25.1 Å². The molecule has 2 unspecified atom stereocenters. The number of benzene rings is 2. The second-order valence-corrected chi connectivity index (χ2v) is 11.9. The van der Waals surface area contributed by atoms with E-state index in [2.05, 4.69) is 0 Å². The summed E-state index contributed by atoms with van der Waals surface area (Å²) in [5, 5.41) is 12.3. The van der Waals surface area contributed by atoms with Crippen LogP contribution >= 0.6 is 11.6 Å². The maximum Gasteiger partial charge on any atom is 0.349 e. The third-order valence-corrected chi connectivity index (χ3v) is 7.50. The van der Waals surface area contributed by atoms with Gasteiger partial charge in [0.25, 0.3) is 0 Å². The van der Waals surface area contributed by atoms with Crippen LogP contribution in [0.4, 0.5) is 5.69 Å². The van der Waals surface area contributed by atoms with Crippen molar-refractivity contribution in [1.29, 1.82) is 0 Å². The molecule has 49 heavy (non-hydrogen) atoms. The molecular weight excluding hydrogens is 670 g/mol. The van der Waals surface area contributed by atoms with Gasteiger partial charge in [-0.05, 0) is 56.0 Å². The van der Waals surface area contributed by atoms with Crippen LogP contribution < -0.4 is 4.74 Å². The number of nitrogens with zero attached hydrogens (tertiary/aromatic N) is 1. The Morgan fingerprint density at radius 1 is 0.857 bits per heavy atom. The van der Waals surface area contributed by atoms with E-state index in [-0.39, 0.29) is 23.8 Å². The molecule has 0 aliphatic carbocycles. The van der Waals surface area contributed by atoms with E-state index < -0.39 is 83.2 Å². The first kappa shape index (κ1) is 38.7. The summed E-state index contributed by atoms with van der Waals surface area (Å²) in [5.74, 6) is -3.80. The van der Waals surface area contributed by atoms with Crippen molar-refractivity contribution in [1.82, 2.24) is 0 Å². The average molecular weight is 708 g/mol. The number of rotatable bonds is 13. The molecule has 0 N–H and O–H groups in total. The van der Waals surface area contributed by atoms with Crippen LogP contribution in [0.15, 0.2) is 36.4 Å². The molecule has 15 nitrogen and oxygen atoms in total. The lowest BCUT2D eigenvalue weighted by Gasteiger charge is -2.44. The number of nitro benzene ring substituents is 1. The number of esters is 5. The largest absolute Gasteiger partial charge is 0.469 e. The van der Waals surface area contributed by atoms with Gasteiger partial charge in [-0.3, -0.25) is 29.3 Å². The van der Waals surface area contributed by atoms with Gasteiger partial charge in [0.1, 0.15) is 18.8 Å². The summed E-state index contributed by atoms with van der Waals surface area (Å²) < 4.78 is 38.6. The molecule has 1 heterocycles. The third kappa shape index (κ3) is 10.4. The van der Waals surface area contributed by atoms with Gasteiger partial charge in [-0.1, -0.05) is 29.8 Å². The molecule has 0 radical (unpaired) electrons. The highest BCUT2D eigenvalue weighted by Crippen LogP contribution is 2.39. The zero-order chi connectivity index (χ0) is 36.6. The maximum atomic E-state index is 12.3. The first-order valence-electron chi connectivity index (χ1n) is 15.2. The Bertz CT molecular complexity index is 1590. The number of halogens is 1. The molecule has 0 spiro atoms. The first-order valence-corrected chi connectivity index (χ1v) is 15.5. The predicted octanol–water partition coefficient (Wildman–Crippen LogP) is 4.36. The lowest BCUT2D eigenvalue weighted by Crippen LogP contribution is -2.59. The first-order chi connectivity index (χ1) is 22.9. The van der Waals surface area contributed by atoms with E-state index in [0.29, 0.717) is 16.7 Å². The highest BCUT2D eigenvalue weighted by atomic mass is 35.5. The van der Waals surface area contributed by atoms with Gasteiger partial charge in [-0.25, -0.2) is 4.79 Å². The van der Waals surface area contributed by atoms with E-state index in [9.17, 15) is 34.1 Å². The van der Waals surface area contributed by atoms with Crippen molar-refractivity contribution in [3.63, 3.8) is 0 Å². The zero-order valence-electron chi connectivity index (χ0n) is 28.0. The van der Waals surface area contributed by atoms with Crippen LogP contribution in [0.5, 0.6) is 5.75 Å². The van der Waals surface area contributed by atoms with Gasteiger partial charge in [0.15, 0.2) is 24.1 Å². The molecule has 266 valence electrons. The molecule has 1 aliphatic heterocycles. The standard InChI is InChI=1S/C33H38ClNO14/c1-8-43-32(40)33(6,7)49-26-12-9-21(14-25(26)35(41)42)13-23-15-22(10-11-24(23)34)28-30(46-19(4)38)31(47-20(5)39)29(45-18(3)37)27(48-28)16-44-17(2)36/h9-12,14-15,27-31H,8,13,16H2,1-7H3/t27-,28+,29?,30?,31+/m1/s1. The molecule has 1 aliphatic rings. The van der Waals surface area contributed by atoms with Crippen molar-refractivity contribution < 1.29 is 62.1 Å². The second kappa shape index (κ2) is 16.6. The number of nitro groups is 1. The van der Waals surface area contributed by atoms with Crippen LogP contribution in [0.3, 0.4) is 0 Å². The molecule has 0 saturated carbocycles. The summed E-state index contributed by atoms with van der Waals surface area (Å²) in [7, 11) is 0. The Morgan fingerprint density at radius 3 is 2.04 bits per heavy atom. The highest BCUT2D eigenvalue weighted by Gasteiger charge is 2.52. The normalized spacial score (nSPS) is 20.4. The Balaban J connectivity index is 2.05. The molecule has 0 amide bonds. The Morgan fingerprint density at radius 2 is 1.47 bits per heavy atom. The molecule has 3 rings (SSSR count). The van der Waals surface area contributed by atoms with Crippen molar-refractivity contribution >= 4 is 47.1 Å². The number of carbonyl (C=O) groups excluding carboxylic acids is 5. The summed E-state index contributed by atoms with van der Waals surface area (Å²) in [6, 6.07) is 8.95. The van der Waals surface area contributed by atoms with Gasteiger partial charge in [-0.2, -0.15) is 0 Å². The lowest BCUT2D eigenvalue weighted by molar-refractivity contribution is -0.386. The smallest absolute Gasteiger partial charge is 0.349 e. The van der Waals surface area contributed by atoms with Gasteiger partial charge in [0, 0.05) is 38.8 Å². The number of carbonyl (C=O) groups is 5. The van der Waals surface area contributed by atoms with E-state index >= 15 is 0 Å². The molecule has 1 saturated heterocycles. The van der Waals surface area contributed by atoms with E-state index in [1.807, 2.05) is 0 Å². The van der Waals surface area contributed by atoms with Crippen molar-refractivity contribution in [3.8, 4) is 5.75 Å². The van der Waals surface area contributed by atoms with Crippen LogP contribution in [0.2, 0.25) is 5.02 Å². The maximum absolute atomic E-state index is 12.3. The molecule has 1 fully saturated rings. The monoisotopic (exact) mass is 707 g/mol. The molecular formula is C33H38ClNO14. The lowest BCUT2D eigenvalue weighted by atomic mass is 9.89. The molecule has 2 aromatic rings. The van der Waals surface area contributed by atoms with Crippen molar-refractivity contribution in [2.45, 2.75) is 91.0 Å². The van der Waals surface area contributed by atoms with E-state index in [0.717, 1.165) is 20.8 Å².